The Kier molecular flexibility index (Phi) is 4.38. The average molecular weight is 296 g/mol. The molecule has 8 heteroatoms. The zero-order chi connectivity index (χ0) is 15.8. The molecule has 116 valence electrons. The Morgan fingerprint density at radius 1 is 1.40 bits per heavy atom. The van der Waals surface area contributed by atoms with Gasteiger partial charge in [-0.15, -0.1) is 0 Å². The minimum absolute atomic E-state index is 0.00488. The molecule has 1 fully saturated rings. The van der Waals surface area contributed by atoms with Crippen LogP contribution in [0.4, 0.5) is 13.2 Å². The SMILES string of the molecule is CCC(C)(CN)C(=O)N1CCC(C(=O)O)(C(F)(F)F)C1. The van der Waals surface area contributed by atoms with Gasteiger partial charge in [-0.3, -0.25) is 9.59 Å². The van der Waals surface area contributed by atoms with Gasteiger partial charge in [0.15, 0.2) is 5.41 Å². The topological polar surface area (TPSA) is 83.6 Å². The number of carboxylic acids is 1. The van der Waals surface area contributed by atoms with Crippen LogP contribution in [0.2, 0.25) is 0 Å². The molecular weight excluding hydrogens is 277 g/mol. The molecule has 2 atom stereocenters. The van der Waals surface area contributed by atoms with Gasteiger partial charge in [-0.05, 0) is 19.8 Å². The normalized spacial score (nSPS) is 26.4. The first kappa shape index (κ1) is 16.7. The van der Waals surface area contributed by atoms with E-state index < -0.39 is 41.8 Å². The maximum atomic E-state index is 13.0. The number of nitrogens with two attached hydrogens (primary N) is 1. The number of carboxylic acid groups (broad SMARTS) is 1. The average Bonchev–Trinajstić information content (AvgIpc) is 2.82. The summed E-state index contributed by atoms with van der Waals surface area (Å²) >= 11 is 0. The highest BCUT2D eigenvalue weighted by molar-refractivity contribution is 5.85. The molecule has 1 aliphatic rings. The Morgan fingerprint density at radius 3 is 2.25 bits per heavy atom. The van der Waals surface area contributed by atoms with E-state index in [1.807, 2.05) is 0 Å². The second kappa shape index (κ2) is 5.23. The summed E-state index contributed by atoms with van der Waals surface area (Å²) in [4.78, 5) is 24.3. The fraction of sp³-hybridized carbons (Fsp3) is 0.833. The van der Waals surface area contributed by atoms with Gasteiger partial charge in [-0.25, -0.2) is 0 Å². The minimum Gasteiger partial charge on any atom is -0.481 e. The van der Waals surface area contributed by atoms with Gasteiger partial charge < -0.3 is 15.7 Å². The first-order valence-corrected chi connectivity index (χ1v) is 6.33. The van der Waals surface area contributed by atoms with Crippen LogP contribution in [-0.4, -0.2) is 47.7 Å². The third-order valence-corrected chi connectivity index (χ3v) is 4.26. The highest BCUT2D eigenvalue weighted by Crippen LogP contribution is 2.46. The van der Waals surface area contributed by atoms with E-state index in [9.17, 15) is 22.8 Å². The molecule has 1 saturated heterocycles. The first-order valence-electron chi connectivity index (χ1n) is 6.33. The highest BCUT2D eigenvalue weighted by atomic mass is 19.4. The van der Waals surface area contributed by atoms with Crippen LogP contribution in [0.15, 0.2) is 0 Å². The van der Waals surface area contributed by atoms with Crippen LogP contribution in [0, 0.1) is 10.8 Å². The monoisotopic (exact) mass is 296 g/mol. The molecule has 3 N–H and O–H groups in total. The molecule has 1 rings (SSSR count). The summed E-state index contributed by atoms with van der Waals surface area (Å²) in [7, 11) is 0. The van der Waals surface area contributed by atoms with Crippen LogP contribution in [0.5, 0.6) is 0 Å². The quantitative estimate of drug-likeness (QED) is 0.817. The lowest BCUT2D eigenvalue weighted by Crippen LogP contribution is -2.50. The summed E-state index contributed by atoms with van der Waals surface area (Å²) in [5.74, 6) is -2.46. The molecule has 0 radical (unpaired) electrons. The molecule has 20 heavy (non-hydrogen) atoms. The van der Waals surface area contributed by atoms with Crippen molar-refractivity contribution in [2.24, 2.45) is 16.6 Å². The second-order valence-electron chi connectivity index (χ2n) is 5.48. The van der Waals surface area contributed by atoms with Crippen LogP contribution in [0.3, 0.4) is 0 Å². The van der Waals surface area contributed by atoms with Gasteiger partial charge in [0.1, 0.15) is 0 Å². The largest absolute Gasteiger partial charge is 0.481 e. The molecule has 1 heterocycles. The molecular formula is C12H19F3N2O3. The van der Waals surface area contributed by atoms with Crippen LogP contribution < -0.4 is 5.73 Å². The molecule has 1 amide bonds. The molecule has 0 saturated carbocycles. The zero-order valence-corrected chi connectivity index (χ0v) is 11.5. The van der Waals surface area contributed by atoms with Crippen molar-refractivity contribution >= 4 is 11.9 Å². The third kappa shape index (κ3) is 2.48. The van der Waals surface area contributed by atoms with E-state index in [0.29, 0.717) is 6.42 Å². The van der Waals surface area contributed by atoms with E-state index >= 15 is 0 Å². The van der Waals surface area contributed by atoms with E-state index in [2.05, 4.69) is 0 Å². The van der Waals surface area contributed by atoms with Gasteiger partial charge in [-0.2, -0.15) is 13.2 Å². The van der Waals surface area contributed by atoms with Gasteiger partial charge in [0, 0.05) is 19.6 Å². The van der Waals surface area contributed by atoms with Crippen molar-refractivity contribution in [2.75, 3.05) is 19.6 Å². The third-order valence-electron chi connectivity index (χ3n) is 4.26. The predicted molar refractivity (Wildman–Crippen MR) is 64.8 cm³/mol. The summed E-state index contributed by atoms with van der Waals surface area (Å²) in [5, 5.41) is 8.93. The lowest BCUT2D eigenvalue weighted by molar-refractivity contribution is -0.227. The number of likely N-dealkylation sites (tertiary alicyclic amines) is 1. The highest BCUT2D eigenvalue weighted by Gasteiger charge is 2.64. The number of nitrogens with zero attached hydrogens (tertiary/aromatic N) is 1. The molecule has 5 nitrogen and oxygen atoms in total. The van der Waals surface area contributed by atoms with Gasteiger partial charge in [-0.1, -0.05) is 6.92 Å². The number of halogens is 3. The molecule has 1 aliphatic heterocycles. The fourth-order valence-corrected chi connectivity index (χ4v) is 2.27. The van der Waals surface area contributed by atoms with Gasteiger partial charge in [0.05, 0.1) is 5.41 Å². The summed E-state index contributed by atoms with van der Waals surface area (Å²) in [6, 6.07) is 0. The molecule has 2 unspecified atom stereocenters. The van der Waals surface area contributed by atoms with E-state index in [1.54, 1.807) is 13.8 Å². The Labute approximate surface area is 114 Å². The van der Waals surface area contributed by atoms with Crippen molar-refractivity contribution in [3.8, 4) is 0 Å². The number of amides is 1. The number of carbonyl (C=O) groups is 2. The van der Waals surface area contributed by atoms with Gasteiger partial charge in [0.25, 0.3) is 0 Å². The number of alkyl halides is 3. The molecule has 0 spiro atoms. The molecule has 0 aliphatic carbocycles. The van der Waals surface area contributed by atoms with E-state index in [1.165, 1.54) is 0 Å². The molecule has 0 bridgehead atoms. The number of hydrogen-bond acceptors (Lipinski definition) is 3. The lowest BCUT2D eigenvalue weighted by atomic mass is 9.85. The van der Waals surface area contributed by atoms with Gasteiger partial charge in [0.2, 0.25) is 5.91 Å². The van der Waals surface area contributed by atoms with E-state index in [-0.39, 0.29) is 13.1 Å². The van der Waals surface area contributed by atoms with Crippen molar-refractivity contribution < 1.29 is 27.9 Å². The van der Waals surface area contributed by atoms with Crippen molar-refractivity contribution in [1.82, 2.24) is 4.90 Å². The van der Waals surface area contributed by atoms with E-state index in [0.717, 1.165) is 4.90 Å². The van der Waals surface area contributed by atoms with Crippen molar-refractivity contribution in [2.45, 2.75) is 32.9 Å². The smallest absolute Gasteiger partial charge is 0.406 e. The zero-order valence-electron chi connectivity index (χ0n) is 11.5. The van der Waals surface area contributed by atoms with Gasteiger partial charge >= 0.3 is 12.1 Å². The van der Waals surface area contributed by atoms with E-state index in [4.69, 9.17) is 10.8 Å². The minimum atomic E-state index is -4.89. The van der Waals surface area contributed by atoms with Crippen molar-refractivity contribution in [3.63, 3.8) is 0 Å². The number of hydrogen-bond donors (Lipinski definition) is 2. The predicted octanol–water partition coefficient (Wildman–Crippen LogP) is 1.23. The Morgan fingerprint density at radius 2 is 1.95 bits per heavy atom. The summed E-state index contributed by atoms with van der Waals surface area (Å²) < 4.78 is 39.1. The maximum Gasteiger partial charge on any atom is 0.406 e. The maximum absolute atomic E-state index is 13.0. The molecule has 0 aromatic carbocycles. The number of carbonyl (C=O) groups excluding carboxylic acids is 1. The summed E-state index contributed by atoms with van der Waals surface area (Å²) in [6.07, 6.45) is -5.13. The standard InChI is InChI=1S/C12H19F3N2O3/c1-3-10(2,6-16)8(18)17-5-4-11(7-17,9(19)20)12(13,14)15/h3-7,16H2,1-2H3,(H,19,20). The lowest BCUT2D eigenvalue weighted by Gasteiger charge is -2.32. The molecule has 0 aromatic rings. The first-order chi connectivity index (χ1) is 9.04. The number of aliphatic carboxylic acids is 1. The van der Waals surface area contributed by atoms with Crippen LogP contribution in [0.1, 0.15) is 26.7 Å². The molecule has 0 aromatic heterocycles. The van der Waals surface area contributed by atoms with Crippen LogP contribution in [-0.2, 0) is 9.59 Å². The number of rotatable bonds is 4. The fourth-order valence-electron chi connectivity index (χ4n) is 2.27. The van der Waals surface area contributed by atoms with Crippen LogP contribution in [0.25, 0.3) is 0 Å². The van der Waals surface area contributed by atoms with Crippen molar-refractivity contribution in [1.29, 1.82) is 0 Å². The van der Waals surface area contributed by atoms with Crippen molar-refractivity contribution in [3.05, 3.63) is 0 Å². The summed E-state index contributed by atoms with van der Waals surface area (Å²) in [6.45, 7) is 2.23. The Balaban J connectivity index is 3.01. The second-order valence-corrected chi connectivity index (χ2v) is 5.48. The Hall–Kier alpha value is -1.31. The van der Waals surface area contributed by atoms with Crippen LogP contribution >= 0.6 is 0 Å². The summed E-state index contributed by atoms with van der Waals surface area (Å²) in [5.41, 5.74) is 1.69. The Bertz CT molecular complexity index is 407.